The summed E-state index contributed by atoms with van der Waals surface area (Å²) in [5.41, 5.74) is 0. The summed E-state index contributed by atoms with van der Waals surface area (Å²) in [5.74, 6) is 1.73. The quantitative estimate of drug-likeness (QED) is 0.538. The fourth-order valence-electron chi connectivity index (χ4n) is 3.44. The third-order valence-electron chi connectivity index (χ3n) is 4.76. The van der Waals surface area contributed by atoms with Crippen LogP contribution in [0.15, 0.2) is 36.9 Å². The lowest BCUT2D eigenvalue weighted by Crippen LogP contribution is -2.48. The van der Waals surface area contributed by atoms with E-state index in [4.69, 9.17) is 9.16 Å². The Kier molecular flexibility index (Phi) is 6.27. The standard InChI is InChI=1S/C19H30O2Si/c1-5-6-8-16-9-7-10-18(15-16)21-22(3,4)19-13-11-17(20-2)12-14-19/h5,11-14,16,18H,1,6-10,15H2,2-4H3. The van der Waals surface area contributed by atoms with E-state index in [0.717, 1.165) is 18.1 Å². The van der Waals surface area contributed by atoms with Gasteiger partial charge in [-0.05, 0) is 62.0 Å². The van der Waals surface area contributed by atoms with Crippen molar-refractivity contribution in [3.63, 3.8) is 0 Å². The normalized spacial score (nSPS) is 22.3. The molecule has 0 bridgehead atoms. The van der Waals surface area contributed by atoms with E-state index in [1.165, 1.54) is 37.3 Å². The number of ether oxygens (including phenoxy) is 1. The number of hydrogen-bond donors (Lipinski definition) is 0. The highest BCUT2D eigenvalue weighted by Gasteiger charge is 2.31. The lowest BCUT2D eigenvalue weighted by atomic mass is 9.84. The fourth-order valence-corrected chi connectivity index (χ4v) is 5.59. The molecule has 2 unspecified atom stereocenters. The zero-order valence-electron chi connectivity index (χ0n) is 14.3. The Morgan fingerprint density at radius 1 is 1.23 bits per heavy atom. The summed E-state index contributed by atoms with van der Waals surface area (Å²) >= 11 is 0. The number of hydrogen-bond acceptors (Lipinski definition) is 2. The summed E-state index contributed by atoms with van der Waals surface area (Å²) in [7, 11) is -0.131. The zero-order valence-corrected chi connectivity index (χ0v) is 15.3. The molecule has 0 spiro atoms. The van der Waals surface area contributed by atoms with Crippen molar-refractivity contribution in [2.75, 3.05) is 7.11 Å². The second-order valence-electron chi connectivity index (χ2n) is 6.88. The van der Waals surface area contributed by atoms with E-state index >= 15 is 0 Å². The molecule has 0 N–H and O–H groups in total. The molecule has 1 aliphatic carbocycles. The number of benzene rings is 1. The molecular weight excluding hydrogens is 288 g/mol. The van der Waals surface area contributed by atoms with Gasteiger partial charge in [0.15, 0.2) is 0 Å². The maximum Gasteiger partial charge on any atom is 0.218 e. The van der Waals surface area contributed by atoms with Crippen LogP contribution in [-0.2, 0) is 4.43 Å². The second-order valence-corrected chi connectivity index (χ2v) is 10.7. The molecule has 3 heteroatoms. The minimum atomic E-state index is -1.84. The van der Waals surface area contributed by atoms with Crippen molar-refractivity contribution in [1.82, 2.24) is 0 Å². The zero-order chi connectivity index (χ0) is 16.0. The molecule has 2 rings (SSSR count). The first-order chi connectivity index (χ1) is 10.5. The molecule has 1 aromatic rings. The Labute approximate surface area is 136 Å². The van der Waals surface area contributed by atoms with Gasteiger partial charge in [-0.1, -0.05) is 31.1 Å². The van der Waals surface area contributed by atoms with E-state index in [2.05, 4.69) is 31.8 Å². The lowest BCUT2D eigenvalue weighted by molar-refractivity contribution is 0.116. The molecule has 1 fully saturated rings. The summed E-state index contributed by atoms with van der Waals surface area (Å²) < 4.78 is 11.9. The Bertz CT molecular complexity index is 467. The molecule has 0 aromatic heterocycles. The number of methoxy groups -OCH3 is 1. The highest BCUT2D eigenvalue weighted by Crippen LogP contribution is 2.31. The van der Waals surface area contributed by atoms with Gasteiger partial charge < -0.3 is 9.16 Å². The van der Waals surface area contributed by atoms with Crippen LogP contribution in [0.1, 0.15) is 38.5 Å². The minimum Gasteiger partial charge on any atom is -0.497 e. The number of rotatable bonds is 7. The van der Waals surface area contributed by atoms with Gasteiger partial charge in [0.05, 0.1) is 7.11 Å². The Morgan fingerprint density at radius 3 is 2.59 bits per heavy atom. The van der Waals surface area contributed by atoms with Gasteiger partial charge in [0.2, 0.25) is 8.32 Å². The predicted molar refractivity (Wildman–Crippen MR) is 96.4 cm³/mol. The van der Waals surface area contributed by atoms with Gasteiger partial charge in [-0.15, -0.1) is 6.58 Å². The third-order valence-corrected chi connectivity index (χ3v) is 7.41. The molecular formula is C19H30O2Si. The highest BCUT2D eigenvalue weighted by atomic mass is 28.4. The van der Waals surface area contributed by atoms with E-state index in [-0.39, 0.29) is 0 Å². The molecule has 2 atom stereocenters. The molecule has 122 valence electrons. The topological polar surface area (TPSA) is 18.5 Å². The van der Waals surface area contributed by atoms with Crippen LogP contribution in [0.25, 0.3) is 0 Å². The third kappa shape index (κ3) is 4.72. The van der Waals surface area contributed by atoms with E-state index < -0.39 is 8.32 Å². The van der Waals surface area contributed by atoms with Crippen LogP contribution >= 0.6 is 0 Å². The summed E-state index contributed by atoms with van der Waals surface area (Å²) in [6.45, 7) is 8.46. The smallest absolute Gasteiger partial charge is 0.218 e. The van der Waals surface area contributed by atoms with Crippen LogP contribution in [-0.4, -0.2) is 21.5 Å². The van der Waals surface area contributed by atoms with E-state index in [9.17, 15) is 0 Å². The van der Waals surface area contributed by atoms with Crippen molar-refractivity contribution in [2.24, 2.45) is 5.92 Å². The molecule has 22 heavy (non-hydrogen) atoms. The van der Waals surface area contributed by atoms with Crippen molar-refractivity contribution < 1.29 is 9.16 Å². The first-order valence-electron chi connectivity index (χ1n) is 8.48. The van der Waals surface area contributed by atoms with Crippen molar-refractivity contribution in [1.29, 1.82) is 0 Å². The van der Waals surface area contributed by atoms with Crippen LogP contribution in [0.5, 0.6) is 5.75 Å². The molecule has 0 radical (unpaired) electrons. The molecule has 0 aliphatic heterocycles. The van der Waals surface area contributed by atoms with Crippen molar-refractivity contribution in [3.8, 4) is 5.75 Å². The molecule has 2 nitrogen and oxygen atoms in total. The van der Waals surface area contributed by atoms with Crippen LogP contribution < -0.4 is 9.92 Å². The molecule has 0 saturated heterocycles. The molecule has 1 aliphatic rings. The van der Waals surface area contributed by atoms with Gasteiger partial charge in [0, 0.05) is 6.10 Å². The van der Waals surface area contributed by atoms with Crippen LogP contribution in [0.2, 0.25) is 13.1 Å². The predicted octanol–water partition coefficient (Wildman–Crippen LogP) is 4.65. The average molecular weight is 319 g/mol. The summed E-state index contributed by atoms with van der Waals surface area (Å²) in [4.78, 5) is 0. The van der Waals surface area contributed by atoms with E-state index in [1.54, 1.807) is 7.11 Å². The van der Waals surface area contributed by atoms with E-state index in [1.807, 2.05) is 18.2 Å². The average Bonchev–Trinajstić information content (AvgIpc) is 2.53. The van der Waals surface area contributed by atoms with Gasteiger partial charge in [0.25, 0.3) is 0 Å². The van der Waals surface area contributed by atoms with Crippen molar-refractivity contribution in [3.05, 3.63) is 36.9 Å². The summed E-state index contributed by atoms with van der Waals surface area (Å²) in [6, 6.07) is 8.43. The van der Waals surface area contributed by atoms with E-state index in [0.29, 0.717) is 6.10 Å². The Hall–Kier alpha value is -1.06. The summed E-state index contributed by atoms with van der Waals surface area (Å²) in [6.07, 6.45) is 9.99. The first kappa shape index (κ1) is 17.3. The molecule has 0 heterocycles. The first-order valence-corrected chi connectivity index (χ1v) is 11.4. The number of allylic oxidation sites excluding steroid dienone is 1. The minimum absolute atomic E-state index is 0.437. The van der Waals surface area contributed by atoms with Crippen LogP contribution in [0, 0.1) is 5.92 Å². The maximum absolute atomic E-state index is 6.62. The van der Waals surface area contributed by atoms with Crippen molar-refractivity contribution in [2.45, 2.75) is 57.7 Å². The molecule has 0 amide bonds. The van der Waals surface area contributed by atoms with Crippen LogP contribution in [0.4, 0.5) is 0 Å². The largest absolute Gasteiger partial charge is 0.497 e. The van der Waals surface area contributed by atoms with Gasteiger partial charge >= 0.3 is 0 Å². The molecule has 1 saturated carbocycles. The Balaban J connectivity index is 1.96. The van der Waals surface area contributed by atoms with Crippen LogP contribution in [0.3, 0.4) is 0 Å². The Morgan fingerprint density at radius 2 is 1.95 bits per heavy atom. The maximum atomic E-state index is 6.62. The van der Waals surface area contributed by atoms with Gasteiger partial charge in [-0.3, -0.25) is 0 Å². The molecule has 1 aromatic carbocycles. The van der Waals surface area contributed by atoms with Gasteiger partial charge in [-0.25, -0.2) is 0 Å². The monoisotopic (exact) mass is 318 g/mol. The van der Waals surface area contributed by atoms with Gasteiger partial charge in [-0.2, -0.15) is 0 Å². The summed E-state index contributed by atoms with van der Waals surface area (Å²) in [5, 5.41) is 1.35. The highest BCUT2D eigenvalue weighted by molar-refractivity contribution is 6.84. The second kappa shape index (κ2) is 7.98. The fraction of sp³-hybridized carbons (Fsp3) is 0.579. The van der Waals surface area contributed by atoms with Gasteiger partial charge in [0.1, 0.15) is 5.75 Å². The SMILES string of the molecule is C=CCCC1CCCC(O[Si](C)(C)c2ccc(OC)cc2)C1. The van der Waals surface area contributed by atoms with Crippen molar-refractivity contribution >= 4 is 13.5 Å². The lowest BCUT2D eigenvalue weighted by Gasteiger charge is -2.35.